The standard InChI is InChI=1S/C13H12F4N2O3/c1-22-8-4-2-7(3-5-8)11(20)19-13(21,12(16)17)6-9(18-19)10(14)15/h2-5,10,12,21H,6H2,1H3/t13-/m1/s1. The van der Waals surface area contributed by atoms with Crippen LogP contribution in [0, 0.1) is 0 Å². The average molecular weight is 320 g/mol. The number of amides is 1. The lowest BCUT2D eigenvalue weighted by atomic mass is 10.1. The molecular weight excluding hydrogens is 308 g/mol. The Bertz CT molecular complexity index is 591. The van der Waals surface area contributed by atoms with Crippen LogP contribution in [0.1, 0.15) is 16.8 Å². The zero-order chi connectivity index (χ0) is 16.5. The largest absolute Gasteiger partial charge is 0.497 e. The molecule has 1 atom stereocenters. The summed E-state index contributed by atoms with van der Waals surface area (Å²) in [6.07, 6.45) is -7.70. The van der Waals surface area contributed by atoms with Gasteiger partial charge in [0.25, 0.3) is 18.8 Å². The molecule has 1 N–H and O–H groups in total. The number of nitrogens with zero attached hydrogens (tertiary/aromatic N) is 2. The molecular formula is C13H12F4N2O3. The van der Waals surface area contributed by atoms with E-state index in [1.807, 2.05) is 0 Å². The molecule has 0 unspecified atom stereocenters. The first-order valence-corrected chi connectivity index (χ1v) is 6.14. The molecule has 1 heterocycles. The molecule has 2 rings (SSSR count). The second kappa shape index (κ2) is 5.91. The number of carbonyl (C=O) groups is 1. The Kier molecular flexibility index (Phi) is 4.36. The van der Waals surface area contributed by atoms with Crippen LogP contribution in [0.25, 0.3) is 0 Å². The third kappa shape index (κ3) is 2.76. The molecule has 1 aliphatic rings. The van der Waals surface area contributed by atoms with Gasteiger partial charge in [0, 0.05) is 12.0 Å². The lowest BCUT2D eigenvalue weighted by Gasteiger charge is -2.30. The minimum atomic E-state index is -3.45. The topological polar surface area (TPSA) is 62.1 Å². The first-order chi connectivity index (χ1) is 10.3. The summed E-state index contributed by atoms with van der Waals surface area (Å²) in [5.41, 5.74) is -4.15. The van der Waals surface area contributed by atoms with Gasteiger partial charge in [-0.25, -0.2) is 17.6 Å². The number of ether oxygens (including phenoxy) is 1. The molecule has 5 nitrogen and oxygen atoms in total. The molecule has 120 valence electrons. The fourth-order valence-corrected chi connectivity index (χ4v) is 1.96. The Morgan fingerprint density at radius 3 is 2.36 bits per heavy atom. The van der Waals surface area contributed by atoms with Gasteiger partial charge in [-0.3, -0.25) is 4.79 Å². The zero-order valence-electron chi connectivity index (χ0n) is 11.3. The van der Waals surface area contributed by atoms with Crippen molar-refractivity contribution >= 4 is 11.6 Å². The van der Waals surface area contributed by atoms with Gasteiger partial charge >= 0.3 is 0 Å². The van der Waals surface area contributed by atoms with Crippen molar-refractivity contribution in [3.05, 3.63) is 29.8 Å². The number of hydrazone groups is 1. The normalized spacial score (nSPS) is 21.5. The summed E-state index contributed by atoms with van der Waals surface area (Å²) in [5.74, 6) is -0.694. The molecule has 0 aromatic heterocycles. The van der Waals surface area contributed by atoms with Crippen LogP contribution in [0.4, 0.5) is 17.6 Å². The van der Waals surface area contributed by atoms with Crippen LogP contribution >= 0.6 is 0 Å². The lowest BCUT2D eigenvalue weighted by Crippen LogP contribution is -2.51. The Hall–Kier alpha value is -2.16. The van der Waals surface area contributed by atoms with Crippen LogP contribution in [-0.4, -0.2) is 47.4 Å². The highest BCUT2D eigenvalue weighted by Crippen LogP contribution is 2.34. The molecule has 1 aliphatic heterocycles. The van der Waals surface area contributed by atoms with Gasteiger partial charge in [-0.2, -0.15) is 10.1 Å². The van der Waals surface area contributed by atoms with Gasteiger partial charge in [-0.05, 0) is 24.3 Å². The van der Waals surface area contributed by atoms with E-state index in [0.29, 0.717) is 5.75 Å². The second-order valence-electron chi connectivity index (χ2n) is 4.59. The van der Waals surface area contributed by atoms with Crippen LogP contribution in [0.3, 0.4) is 0 Å². The summed E-state index contributed by atoms with van der Waals surface area (Å²) in [4.78, 5) is 12.2. The van der Waals surface area contributed by atoms with Crippen molar-refractivity contribution in [2.45, 2.75) is 25.0 Å². The molecule has 1 amide bonds. The van der Waals surface area contributed by atoms with Gasteiger partial charge in [0.05, 0.1) is 7.11 Å². The third-order valence-corrected chi connectivity index (χ3v) is 3.17. The molecule has 9 heteroatoms. The van der Waals surface area contributed by atoms with Crippen LogP contribution < -0.4 is 4.74 Å². The minimum Gasteiger partial charge on any atom is -0.497 e. The van der Waals surface area contributed by atoms with E-state index < -0.39 is 36.6 Å². The quantitative estimate of drug-likeness (QED) is 0.865. The molecule has 0 radical (unpaired) electrons. The molecule has 0 saturated carbocycles. The highest BCUT2D eigenvalue weighted by Gasteiger charge is 2.53. The number of alkyl halides is 4. The van der Waals surface area contributed by atoms with Crippen molar-refractivity contribution in [1.82, 2.24) is 5.01 Å². The van der Waals surface area contributed by atoms with E-state index in [0.717, 1.165) is 0 Å². The Morgan fingerprint density at radius 1 is 1.32 bits per heavy atom. The number of aliphatic hydroxyl groups is 1. The fourth-order valence-electron chi connectivity index (χ4n) is 1.96. The average Bonchev–Trinajstić information content (AvgIpc) is 2.86. The highest BCUT2D eigenvalue weighted by molar-refractivity contribution is 5.99. The molecule has 1 aromatic carbocycles. The summed E-state index contributed by atoms with van der Waals surface area (Å²) in [7, 11) is 1.39. The van der Waals surface area contributed by atoms with Gasteiger partial charge in [0.15, 0.2) is 0 Å². The van der Waals surface area contributed by atoms with Crippen molar-refractivity contribution in [3.8, 4) is 5.75 Å². The van der Waals surface area contributed by atoms with Crippen LogP contribution in [-0.2, 0) is 0 Å². The van der Waals surface area contributed by atoms with Crippen LogP contribution in [0.5, 0.6) is 5.75 Å². The summed E-state index contributed by atoms with van der Waals surface area (Å²) in [6.45, 7) is 0. The summed E-state index contributed by atoms with van der Waals surface area (Å²) < 4.78 is 56.2. The van der Waals surface area contributed by atoms with E-state index in [9.17, 15) is 27.5 Å². The Balaban J connectivity index is 2.35. The van der Waals surface area contributed by atoms with E-state index in [1.165, 1.54) is 31.4 Å². The summed E-state index contributed by atoms with van der Waals surface area (Å²) in [6, 6.07) is 5.29. The van der Waals surface area contributed by atoms with Gasteiger partial charge in [0.1, 0.15) is 11.5 Å². The van der Waals surface area contributed by atoms with E-state index >= 15 is 0 Å². The molecule has 0 saturated heterocycles. The van der Waals surface area contributed by atoms with Gasteiger partial charge in [-0.15, -0.1) is 0 Å². The summed E-state index contributed by atoms with van der Waals surface area (Å²) >= 11 is 0. The Morgan fingerprint density at radius 2 is 1.91 bits per heavy atom. The lowest BCUT2D eigenvalue weighted by molar-refractivity contribution is -0.164. The van der Waals surface area contributed by atoms with Gasteiger partial charge in [0.2, 0.25) is 5.72 Å². The van der Waals surface area contributed by atoms with Gasteiger partial charge in [-0.1, -0.05) is 0 Å². The van der Waals surface area contributed by atoms with Crippen molar-refractivity contribution in [1.29, 1.82) is 0 Å². The SMILES string of the molecule is COc1ccc(C(=O)N2N=C(C(F)F)C[C@@]2(O)C(F)F)cc1. The van der Waals surface area contributed by atoms with E-state index in [4.69, 9.17) is 4.74 Å². The number of methoxy groups -OCH3 is 1. The van der Waals surface area contributed by atoms with Crippen molar-refractivity contribution < 1.29 is 32.2 Å². The first-order valence-electron chi connectivity index (χ1n) is 6.14. The molecule has 1 aromatic rings. The second-order valence-corrected chi connectivity index (χ2v) is 4.59. The molecule has 0 fully saturated rings. The van der Waals surface area contributed by atoms with Crippen LogP contribution in [0.15, 0.2) is 29.4 Å². The fraction of sp³-hybridized carbons (Fsp3) is 0.385. The maximum atomic E-state index is 13.0. The number of benzene rings is 1. The van der Waals surface area contributed by atoms with Gasteiger partial charge < -0.3 is 9.84 Å². The maximum absolute atomic E-state index is 13.0. The maximum Gasteiger partial charge on any atom is 0.287 e. The highest BCUT2D eigenvalue weighted by atomic mass is 19.3. The number of hydrogen-bond acceptors (Lipinski definition) is 4. The minimum absolute atomic E-state index is 0.0149. The molecule has 0 spiro atoms. The molecule has 22 heavy (non-hydrogen) atoms. The number of carbonyl (C=O) groups excluding carboxylic acids is 1. The van der Waals surface area contributed by atoms with Crippen LogP contribution in [0.2, 0.25) is 0 Å². The van der Waals surface area contributed by atoms with Crippen molar-refractivity contribution in [3.63, 3.8) is 0 Å². The zero-order valence-corrected chi connectivity index (χ0v) is 11.3. The number of hydrogen-bond donors (Lipinski definition) is 1. The smallest absolute Gasteiger partial charge is 0.287 e. The monoisotopic (exact) mass is 320 g/mol. The summed E-state index contributed by atoms with van der Waals surface area (Å²) in [5, 5.41) is 13.0. The predicted octanol–water partition coefficient (Wildman–Crippen LogP) is 2.12. The Labute approximate surface area is 122 Å². The predicted molar refractivity (Wildman–Crippen MR) is 68.2 cm³/mol. The number of rotatable bonds is 4. The van der Waals surface area contributed by atoms with E-state index in [2.05, 4.69) is 5.10 Å². The van der Waals surface area contributed by atoms with E-state index in [1.54, 1.807) is 0 Å². The van der Waals surface area contributed by atoms with Crippen molar-refractivity contribution in [2.75, 3.05) is 7.11 Å². The third-order valence-electron chi connectivity index (χ3n) is 3.17. The molecule has 0 bridgehead atoms. The first kappa shape index (κ1) is 16.2. The molecule has 0 aliphatic carbocycles. The van der Waals surface area contributed by atoms with Crippen molar-refractivity contribution in [2.24, 2.45) is 5.10 Å². The van der Waals surface area contributed by atoms with E-state index in [-0.39, 0.29) is 10.6 Å². The number of halogens is 4.